The van der Waals surface area contributed by atoms with E-state index in [0.29, 0.717) is 6.42 Å². The van der Waals surface area contributed by atoms with Crippen molar-refractivity contribution in [2.45, 2.75) is 13.3 Å². The van der Waals surface area contributed by atoms with Crippen molar-refractivity contribution in [1.29, 1.82) is 0 Å². The van der Waals surface area contributed by atoms with Gasteiger partial charge in [0, 0.05) is 18.5 Å². The Bertz CT molecular complexity index is 426. The number of anilines is 1. The van der Waals surface area contributed by atoms with Crippen LogP contribution in [0.15, 0.2) is 29.3 Å². The summed E-state index contributed by atoms with van der Waals surface area (Å²) in [4.78, 5) is 15.7. The Morgan fingerprint density at radius 3 is 3.00 bits per heavy atom. The molecule has 0 atom stereocenters. The summed E-state index contributed by atoms with van der Waals surface area (Å²) in [5.74, 6) is 0.887. The highest BCUT2D eigenvalue weighted by atomic mass is 16.1. The third kappa shape index (κ3) is 2.21. The maximum atomic E-state index is 11.4. The highest BCUT2D eigenvalue weighted by Gasteiger charge is 2.12. The van der Waals surface area contributed by atoms with E-state index in [2.05, 4.69) is 15.6 Å². The average molecular weight is 217 g/mol. The lowest BCUT2D eigenvalue weighted by Crippen LogP contribution is -2.22. The molecular formula is C12H15N3O. The molecule has 1 aromatic rings. The van der Waals surface area contributed by atoms with Gasteiger partial charge in [-0.1, -0.05) is 19.1 Å². The number of carbonyl (C=O) groups is 1. The number of hydrogen-bond acceptors (Lipinski definition) is 3. The molecule has 0 aromatic heterocycles. The van der Waals surface area contributed by atoms with Crippen molar-refractivity contribution in [2.24, 2.45) is 4.99 Å². The molecule has 0 saturated heterocycles. The minimum Gasteiger partial charge on any atom is -0.368 e. The summed E-state index contributed by atoms with van der Waals surface area (Å²) in [5, 5.41) is 6.08. The van der Waals surface area contributed by atoms with Crippen LogP contribution in [0.1, 0.15) is 18.9 Å². The van der Waals surface area contributed by atoms with Gasteiger partial charge in [-0.3, -0.25) is 9.79 Å². The van der Waals surface area contributed by atoms with Gasteiger partial charge in [-0.2, -0.15) is 0 Å². The van der Waals surface area contributed by atoms with E-state index in [1.54, 1.807) is 0 Å². The molecule has 4 nitrogen and oxygen atoms in total. The Morgan fingerprint density at radius 2 is 2.31 bits per heavy atom. The molecule has 0 bridgehead atoms. The molecule has 1 aromatic carbocycles. The van der Waals surface area contributed by atoms with Crippen molar-refractivity contribution in [2.75, 3.05) is 18.4 Å². The van der Waals surface area contributed by atoms with Gasteiger partial charge in [0.15, 0.2) is 0 Å². The second-order valence-electron chi connectivity index (χ2n) is 3.60. The van der Waals surface area contributed by atoms with Crippen LogP contribution in [0.4, 0.5) is 5.69 Å². The van der Waals surface area contributed by atoms with E-state index in [4.69, 9.17) is 0 Å². The summed E-state index contributed by atoms with van der Waals surface area (Å²) >= 11 is 0. The van der Waals surface area contributed by atoms with E-state index < -0.39 is 0 Å². The number of carbonyl (C=O) groups excluding carboxylic acids is 1. The zero-order chi connectivity index (χ0) is 11.4. The summed E-state index contributed by atoms with van der Waals surface area (Å²) in [6, 6.07) is 7.71. The number of para-hydroxylation sites is 1. The van der Waals surface area contributed by atoms with Crippen LogP contribution >= 0.6 is 0 Å². The molecule has 0 aliphatic carbocycles. The van der Waals surface area contributed by atoms with Gasteiger partial charge in [-0.15, -0.1) is 0 Å². The van der Waals surface area contributed by atoms with Gasteiger partial charge in [0.2, 0.25) is 5.91 Å². The quantitative estimate of drug-likeness (QED) is 0.803. The molecule has 1 amide bonds. The van der Waals surface area contributed by atoms with Crippen molar-refractivity contribution in [3.05, 3.63) is 29.8 Å². The Kier molecular flexibility index (Phi) is 3.19. The van der Waals surface area contributed by atoms with E-state index in [-0.39, 0.29) is 5.91 Å². The van der Waals surface area contributed by atoms with E-state index in [0.717, 1.165) is 30.2 Å². The van der Waals surface area contributed by atoms with Crippen LogP contribution in [0.3, 0.4) is 0 Å². The molecule has 0 fully saturated rings. The summed E-state index contributed by atoms with van der Waals surface area (Å²) < 4.78 is 0. The molecule has 2 N–H and O–H groups in total. The fraction of sp³-hybridized carbons (Fsp3) is 0.333. The summed E-state index contributed by atoms with van der Waals surface area (Å²) in [5.41, 5.74) is 1.78. The Hall–Kier alpha value is -1.84. The van der Waals surface area contributed by atoms with Crippen molar-refractivity contribution in [3.8, 4) is 0 Å². The topological polar surface area (TPSA) is 53.5 Å². The molecule has 84 valence electrons. The Morgan fingerprint density at radius 1 is 1.50 bits per heavy atom. The number of aliphatic imine (C=N–C) groups is 1. The predicted octanol–water partition coefficient (Wildman–Crippen LogP) is 1.38. The lowest BCUT2D eigenvalue weighted by molar-refractivity contribution is -0.115. The largest absolute Gasteiger partial charge is 0.368 e. The predicted molar refractivity (Wildman–Crippen MR) is 64.8 cm³/mol. The molecule has 4 heteroatoms. The first-order valence-electron chi connectivity index (χ1n) is 5.49. The zero-order valence-corrected chi connectivity index (χ0v) is 9.29. The Balaban J connectivity index is 2.26. The van der Waals surface area contributed by atoms with Crippen LogP contribution in [0.5, 0.6) is 0 Å². The fourth-order valence-electron chi connectivity index (χ4n) is 1.62. The molecule has 0 radical (unpaired) electrons. The van der Waals surface area contributed by atoms with Crippen molar-refractivity contribution in [1.82, 2.24) is 5.32 Å². The number of hydrogen-bond donors (Lipinski definition) is 2. The highest BCUT2D eigenvalue weighted by molar-refractivity contribution is 6.07. The molecular weight excluding hydrogens is 202 g/mol. The van der Waals surface area contributed by atoms with E-state index in [1.807, 2.05) is 31.2 Å². The van der Waals surface area contributed by atoms with E-state index in [1.165, 1.54) is 0 Å². The number of amidine groups is 1. The maximum Gasteiger partial charge on any atom is 0.224 e. The zero-order valence-electron chi connectivity index (χ0n) is 9.29. The second kappa shape index (κ2) is 4.79. The third-order valence-corrected chi connectivity index (χ3v) is 2.45. The highest BCUT2D eigenvalue weighted by Crippen LogP contribution is 2.16. The SMILES string of the molecule is CCC(=O)Nc1ccccc1C1=NCCN1. The normalized spacial score (nSPS) is 14.2. The van der Waals surface area contributed by atoms with Crippen LogP contribution in [0.2, 0.25) is 0 Å². The van der Waals surface area contributed by atoms with Gasteiger partial charge in [0.05, 0.1) is 12.2 Å². The van der Waals surface area contributed by atoms with Gasteiger partial charge in [-0.05, 0) is 12.1 Å². The number of rotatable bonds is 3. The standard InChI is InChI=1S/C12H15N3O/c1-2-11(16)15-10-6-4-3-5-9(10)12-13-7-8-14-12/h3-6H,2,7-8H2,1H3,(H,13,14)(H,15,16). The van der Waals surface area contributed by atoms with E-state index in [9.17, 15) is 4.79 Å². The maximum absolute atomic E-state index is 11.4. The molecule has 0 unspecified atom stereocenters. The summed E-state index contributed by atoms with van der Waals surface area (Å²) in [7, 11) is 0. The van der Waals surface area contributed by atoms with Gasteiger partial charge in [0.25, 0.3) is 0 Å². The number of nitrogens with zero attached hydrogens (tertiary/aromatic N) is 1. The van der Waals surface area contributed by atoms with Crippen LogP contribution in [0.25, 0.3) is 0 Å². The second-order valence-corrected chi connectivity index (χ2v) is 3.60. The lowest BCUT2D eigenvalue weighted by Gasteiger charge is -2.10. The average Bonchev–Trinajstić information content (AvgIpc) is 2.83. The van der Waals surface area contributed by atoms with E-state index >= 15 is 0 Å². The monoisotopic (exact) mass is 217 g/mol. The van der Waals surface area contributed by atoms with Crippen LogP contribution in [-0.2, 0) is 4.79 Å². The molecule has 1 heterocycles. The molecule has 1 aliphatic rings. The molecule has 16 heavy (non-hydrogen) atoms. The van der Waals surface area contributed by atoms with Gasteiger partial charge in [-0.25, -0.2) is 0 Å². The van der Waals surface area contributed by atoms with Gasteiger partial charge >= 0.3 is 0 Å². The molecule has 0 saturated carbocycles. The molecule has 1 aliphatic heterocycles. The van der Waals surface area contributed by atoms with Crippen molar-refractivity contribution >= 4 is 17.4 Å². The van der Waals surface area contributed by atoms with Crippen molar-refractivity contribution in [3.63, 3.8) is 0 Å². The first kappa shape index (κ1) is 10.7. The number of benzene rings is 1. The van der Waals surface area contributed by atoms with Gasteiger partial charge in [0.1, 0.15) is 5.84 Å². The van der Waals surface area contributed by atoms with Crippen LogP contribution in [-0.4, -0.2) is 24.8 Å². The number of nitrogens with one attached hydrogen (secondary N) is 2. The van der Waals surface area contributed by atoms with Gasteiger partial charge < -0.3 is 10.6 Å². The minimum atomic E-state index is 0.0195. The molecule has 2 rings (SSSR count). The third-order valence-electron chi connectivity index (χ3n) is 2.45. The minimum absolute atomic E-state index is 0.0195. The smallest absolute Gasteiger partial charge is 0.224 e. The lowest BCUT2D eigenvalue weighted by atomic mass is 10.1. The number of amides is 1. The first-order valence-corrected chi connectivity index (χ1v) is 5.49. The summed E-state index contributed by atoms with van der Waals surface area (Å²) in [6.07, 6.45) is 0.480. The summed E-state index contributed by atoms with van der Waals surface area (Å²) in [6.45, 7) is 3.50. The fourth-order valence-corrected chi connectivity index (χ4v) is 1.62. The van der Waals surface area contributed by atoms with Crippen molar-refractivity contribution < 1.29 is 4.79 Å². The Labute approximate surface area is 94.8 Å². The van der Waals surface area contributed by atoms with Crippen LogP contribution < -0.4 is 10.6 Å². The van der Waals surface area contributed by atoms with Crippen LogP contribution in [0, 0.1) is 0 Å². The first-order chi connectivity index (χ1) is 7.81. The molecule has 0 spiro atoms.